The number of carbonyl (C=O) groups excluding carboxylic acids is 6. The van der Waals surface area contributed by atoms with Crippen molar-refractivity contribution in [2.75, 3.05) is 85.1 Å². The Morgan fingerprint density at radius 3 is 1.38 bits per heavy atom. The molecule has 3 atom stereocenters. The van der Waals surface area contributed by atoms with E-state index in [0.717, 1.165) is 27.8 Å². The molecule has 2 aliphatic rings. The van der Waals surface area contributed by atoms with Crippen molar-refractivity contribution in [1.82, 2.24) is 35.6 Å². The average Bonchev–Trinajstić information content (AvgIpc) is 3.69. The summed E-state index contributed by atoms with van der Waals surface area (Å²) < 4.78 is 24.4. The third-order valence-corrected chi connectivity index (χ3v) is 15.1. The summed E-state index contributed by atoms with van der Waals surface area (Å²) in [5.41, 5.74) is 3.44. The van der Waals surface area contributed by atoms with Gasteiger partial charge in [-0.15, -0.1) is 0 Å². The Bertz CT molecular complexity index is 2700. The van der Waals surface area contributed by atoms with Gasteiger partial charge in [0.2, 0.25) is 11.8 Å². The molecule has 0 radical (unpaired) electrons. The van der Waals surface area contributed by atoms with Gasteiger partial charge in [-0.1, -0.05) is 78.9 Å². The molecule has 1 saturated heterocycles. The van der Waals surface area contributed by atoms with Crippen molar-refractivity contribution in [2.45, 2.75) is 117 Å². The van der Waals surface area contributed by atoms with E-state index < -0.39 is 70.7 Å². The monoisotopic (exact) mass is 1340 g/mol. The van der Waals surface area contributed by atoms with Gasteiger partial charge in [0.25, 0.3) is 0 Å². The van der Waals surface area contributed by atoms with Crippen LogP contribution in [0.2, 0.25) is 0 Å². The zero-order valence-corrected chi connectivity index (χ0v) is 52.8. The van der Waals surface area contributed by atoms with Crippen molar-refractivity contribution >= 4 is 81.0 Å². The fourth-order valence-corrected chi connectivity index (χ4v) is 11.6. The molecule has 0 aromatic heterocycles. The van der Waals surface area contributed by atoms with Gasteiger partial charge in [-0.05, 0) is 160 Å². The number of nitrogens with zero attached hydrogens (tertiary/aromatic N) is 4. The zero-order valence-electron chi connectivity index (χ0n) is 48.4. The van der Waals surface area contributed by atoms with Crippen molar-refractivity contribution in [3.8, 4) is 16.9 Å². The number of amides is 3. The number of alkyl carbamates (subject to hydrolysis) is 1. The zero-order chi connectivity index (χ0) is 59.2. The van der Waals surface area contributed by atoms with Gasteiger partial charge in [-0.2, -0.15) is 0 Å². The molecule has 1 aliphatic heterocycles. The second-order valence-electron chi connectivity index (χ2n) is 23.7. The molecule has 1 heterocycles. The molecule has 4 aromatic rings. The molecule has 4 aromatic carbocycles. The molecule has 20 heteroatoms. The molecule has 4 N–H and O–H groups in total. The van der Waals surface area contributed by atoms with Crippen LogP contribution in [0.25, 0.3) is 11.1 Å². The second kappa shape index (κ2) is 29.2. The Kier molecular flexibility index (Phi) is 23.4. The highest BCUT2D eigenvalue weighted by molar-refractivity contribution is 14.1. The van der Waals surface area contributed by atoms with Crippen LogP contribution in [0.15, 0.2) is 91.0 Å². The summed E-state index contributed by atoms with van der Waals surface area (Å²) in [6.45, 7) is 20.5. The van der Waals surface area contributed by atoms with E-state index in [1.807, 2.05) is 171 Å². The third kappa shape index (κ3) is 21.1. The minimum atomic E-state index is -1.26. The van der Waals surface area contributed by atoms with E-state index in [2.05, 4.69) is 16.0 Å². The van der Waals surface area contributed by atoms with Crippen LogP contribution in [-0.4, -0.2) is 175 Å². The van der Waals surface area contributed by atoms with Gasteiger partial charge < -0.3 is 40.0 Å². The number of carbonyl (C=O) groups is 6. The van der Waals surface area contributed by atoms with E-state index in [4.69, 9.17) is 18.9 Å². The number of hydrogen-bond acceptors (Lipinski definition) is 15. The summed E-state index contributed by atoms with van der Waals surface area (Å²) in [7, 11) is 0. The number of nitrogens with one attached hydrogen (secondary N) is 3. The highest BCUT2D eigenvalue weighted by atomic mass is 127. The molecule has 0 spiro atoms. The Morgan fingerprint density at radius 1 is 0.556 bits per heavy atom. The van der Waals surface area contributed by atoms with Crippen LogP contribution in [0, 0.1) is 7.14 Å². The summed E-state index contributed by atoms with van der Waals surface area (Å²) in [5, 5.41) is 19.7. The standard InChI is InChI=1S/C61H81I2N7O11/c1-40(42-18-12-11-13-19-42)64-57(76)51(65-56(75)50(34-41-32-48(62)55(74)49(63)33-41)66-58(77)78-39-47-45-22-16-14-20-43(45)44-21-15-17-23-46(44)47)35-67-24-26-68(36-52(71)79-59(2,3)4)28-30-70(38-54(73)81-61(8,9)10)31-29-69(27-25-67)37-53(72)80-60(5,6)7/h11-23,32-33,40,47,50-51,74H,24-31,34-39H2,1-10H3,(H,64,76)(H,65,75)(H,66,77)/t40-,50?,51?/m1/s1. The molecule has 6 rings (SSSR count). The molecule has 2 unspecified atom stereocenters. The summed E-state index contributed by atoms with van der Waals surface area (Å²) in [6, 6.07) is 26.0. The van der Waals surface area contributed by atoms with Gasteiger partial charge in [0.15, 0.2) is 0 Å². The van der Waals surface area contributed by atoms with Gasteiger partial charge in [-0.3, -0.25) is 43.6 Å². The average molecular weight is 1340 g/mol. The van der Waals surface area contributed by atoms with Crippen LogP contribution >= 0.6 is 45.2 Å². The largest absolute Gasteiger partial charge is 0.506 e. The second-order valence-corrected chi connectivity index (χ2v) is 26.0. The lowest BCUT2D eigenvalue weighted by atomic mass is 9.98. The quantitative estimate of drug-likeness (QED) is 0.0429. The highest BCUT2D eigenvalue weighted by Crippen LogP contribution is 2.44. The van der Waals surface area contributed by atoms with Gasteiger partial charge >= 0.3 is 24.0 Å². The Morgan fingerprint density at radius 2 is 0.951 bits per heavy atom. The number of phenolic OH excluding ortho intramolecular Hbond substituents is 1. The molecule has 440 valence electrons. The van der Waals surface area contributed by atoms with E-state index in [0.29, 0.717) is 52.0 Å². The molecule has 1 fully saturated rings. The predicted molar refractivity (Wildman–Crippen MR) is 327 cm³/mol. The van der Waals surface area contributed by atoms with Crippen LogP contribution in [0.4, 0.5) is 4.79 Å². The first kappa shape index (κ1) is 64.8. The van der Waals surface area contributed by atoms with Gasteiger partial charge in [-0.25, -0.2) is 4.79 Å². The lowest BCUT2D eigenvalue weighted by Crippen LogP contribution is -2.59. The number of esters is 3. The van der Waals surface area contributed by atoms with Crippen LogP contribution in [0.5, 0.6) is 5.75 Å². The lowest BCUT2D eigenvalue weighted by Gasteiger charge is -2.35. The van der Waals surface area contributed by atoms with Crippen molar-refractivity contribution in [2.24, 2.45) is 0 Å². The number of benzene rings is 4. The summed E-state index contributed by atoms with van der Waals surface area (Å²) >= 11 is 4.04. The van der Waals surface area contributed by atoms with Crippen molar-refractivity contribution in [3.05, 3.63) is 120 Å². The number of hydrogen-bond donors (Lipinski definition) is 4. The molecule has 1 aliphatic carbocycles. The Balaban J connectivity index is 1.32. The first-order valence-corrected chi connectivity index (χ1v) is 29.7. The van der Waals surface area contributed by atoms with E-state index in [1.54, 1.807) is 53.7 Å². The summed E-state index contributed by atoms with van der Waals surface area (Å²) in [5.74, 6) is -2.58. The molecule has 0 saturated carbocycles. The maximum absolute atomic E-state index is 15.1. The lowest BCUT2D eigenvalue weighted by molar-refractivity contribution is -0.158. The van der Waals surface area contributed by atoms with Gasteiger partial charge in [0, 0.05) is 71.2 Å². The number of rotatable bonds is 18. The number of ether oxygens (including phenoxy) is 4. The molecule has 81 heavy (non-hydrogen) atoms. The number of aromatic hydroxyl groups is 1. The van der Waals surface area contributed by atoms with E-state index in [9.17, 15) is 29.1 Å². The molecule has 18 nitrogen and oxygen atoms in total. The Labute approximate surface area is 505 Å². The molecule has 0 bridgehead atoms. The predicted octanol–water partition coefficient (Wildman–Crippen LogP) is 7.66. The fraction of sp³-hybridized carbons (Fsp3) is 0.508. The van der Waals surface area contributed by atoms with E-state index in [-0.39, 0.29) is 64.0 Å². The van der Waals surface area contributed by atoms with E-state index in [1.165, 1.54) is 0 Å². The van der Waals surface area contributed by atoms with Crippen molar-refractivity contribution in [3.63, 3.8) is 0 Å². The van der Waals surface area contributed by atoms with Crippen LogP contribution < -0.4 is 16.0 Å². The SMILES string of the molecule is C[C@@H](NC(=O)C(CN1CCN(CC(=O)OC(C)(C)C)CCN(CC(=O)OC(C)(C)C)CCN(CC(=O)OC(C)(C)C)CC1)NC(=O)C(Cc1cc(I)c(O)c(I)c1)NC(=O)OCC1c2ccccc2-c2ccccc21)c1ccccc1. The minimum absolute atomic E-state index is 0.00175. The Hall–Kier alpha value is -5.40. The normalized spacial score (nSPS) is 16.5. The maximum atomic E-state index is 15.1. The molecule has 3 amide bonds. The molecular weight excluding hydrogens is 1260 g/mol. The van der Waals surface area contributed by atoms with Gasteiger partial charge in [0.1, 0.15) is 41.2 Å². The minimum Gasteiger partial charge on any atom is -0.506 e. The number of halogens is 2. The number of phenols is 1. The summed E-state index contributed by atoms with van der Waals surface area (Å²) in [4.78, 5) is 92.3. The first-order chi connectivity index (χ1) is 38.1. The first-order valence-electron chi connectivity index (χ1n) is 27.6. The van der Waals surface area contributed by atoms with E-state index >= 15 is 4.79 Å². The van der Waals surface area contributed by atoms with Crippen LogP contribution in [0.1, 0.15) is 103 Å². The van der Waals surface area contributed by atoms with Crippen molar-refractivity contribution < 1.29 is 52.8 Å². The maximum Gasteiger partial charge on any atom is 0.407 e. The topological polar surface area (TPSA) is 209 Å². The highest BCUT2D eigenvalue weighted by Gasteiger charge is 2.34. The van der Waals surface area contributed by atoms with Gasteiger partial charge in [0.05, 0.1) is 32.8 Å². The molecular formula is C61H81I2N7O11. The van der Waals surface area contributed by atoms with Crippen LogP contribution in [-0.2, 0) is 49.3 Å². The van der Waals surface area contributed by atoms with Crippen LogP contribution in [0.3, 0.4) is 0 Å². The fourth-order valence-electron chi connectivity index (χ4n) is 9.73. The number of fused-ring (bicyclic) bond motifs is 3. The van der Waals surface area contributed by atoms with Crippen molar-refractivity contribution in [1.29, 1.82) is 0 Å². The third-order valence-electron chi connectivity index (χ3n) is 13.4. The summed E-state index contributed by atoms with van der Waals surface area (Å²) in [6.07, 6.45) is -0.855. The smallest absolute Gasteiger partial charge is 0.407 e.